The zero-order valence-electron chi connectivity index (χ0n) is 13.1. The first kappa shape index (κ1) is 15.0. The number of rotatable bonds is 3. The molecule has 1 heterocycles. The number of carbonyl (C=O) groups is 2. The average Bonchev–Trinajstić information content (AvgIpc) is 2.57. The van der Waals surface area contributed by atoms with Gasteiger partial charge in [-0.2, -0.15) is 0 Å². The summed E-state index contributed by atoms with van der Waals surface area (Å²) in [5.41, 5.74) is 3.12. The van der Waals surface area contributed by atoms with E-state index in [0.717, 1.165) is 5.56 Å². The predicted octanol–water partition coefficient (Wildman–Crippen LogP) is 3.56. The smallest absolute Gasteiger partial charge is 0.269 e. The summed E-state index contributed by atoms with van der Waals surface area (Å²) in [5.74, 6) is -0.686. The van der Waals surface area contributed by atoms with Crippen molar-refractivity contribution in [2.24, 2.45) is 0 Å². The number of nitrogens with zero attached hydrogens (tertiary/aromatic N) is 1. The first-order valence-electron chi connectivity index (χ1n) is 7.50. The standard InChI is InChI=1S/C19H17NO3/c1-3-23-12-17-15-6-4-5-7-16(15)18(21)20(19(17)22)14-10-8-13(2)9-11-14/h4-12H,3H2,1-2H3/b17-12+. The van der Waals surface area contributed by atoms with Crippen LogP contribution in [0.4, 0.5) is 5.69 Å². The fourth-order valence-corrected chi connectivity index (χ4v) is 2.56. The Kier molecular flexibility index (Phi) is 3.98. The lowest BCUT2D eigenvalue weighted by atomic mass is 9.94. The SMILES string of the molecule is CCO/C=C1/C(=O)N(c2ccc(C)cc2)C(=O)c2ccccc21. The lowest BCUT2D eigenvalue weighted by Gasteiger charge is -2.28. The number of anilines is 1. The van der Waals surface area contributed by atoms with Crippen LogP contribution >= 0.6 is 0 Å². The Labute approximate surface area is 135 Å². The van der Waals surface area contributed by atoms with Crippen molar-refractivity contribution in [3.8, 4) is 0 Å². The summed E-state index contributed by atoms with van der Waals surface area (Å²) < 4.78 is 5.32. The van der Waals surface area contributed by atoms with E-state index in [0.29, 0.717) is 29.0 Å². The number of hydrogen-bond donors (Lipinski definition) is 0. The van der Waals surface area contributed by atoms with Gasteiger partial charge in [0.2, 0.25) is 0 Å². The monoisotopic (exact) mass is 307 g/mol. The van der Waals surface area contributed by atoms with Gasteiger partial charge in [0, 0.05) is 11.1 Å². The molecule has 0 fully saturated rings. The zero-order valence-corrected chi connectivity index (χ0v) is 13.1. The lowest BCUT2D eigenvalue weighted by Crippen LogP contribution is -2.41. The number of ether oxygens (including phenoxy) is 1. The quantitative estimate of drug-likeness (QED) is 0.495. The van der Waals surface area contributed by atoms with Gasteiger partial charge < -0.3 is 4.74 Å². The number of aryl methyl sites for hydroxylation is 1. The van der Waals surface area contributed by atoms with Gasteiger partial charge in [-0.3, -0.25) is 9.59 Å². The molecule has 0 spiro atoms. The average molecular weight is 307 g/mol. The Morgan fingerprint density at radius 3 is 2.26 bits per heavy atom. The van der Waals surface area contributed by atoms with Crippen LogP contribution in [0, 0.1) is 6.92 Å². The molecule has 0 bridgehead atoms. The van der Waals surface area contributed by atoms with E-state index in [-0.39, 0.29) is 11.8 Å². The molecule has 0 unspecified atom stereocenters. The molecule has 23 heavy (non-hydrogen) atoms. The van der Waals surface area contributed by atoms with Gasteiger partial charge in [-0.05, 0) is 32.0 Å². The van der Waals surface area contributed by atoms with Crippen molar-refractivity contribution in [1.82, 2.24) is 0 Å². The summed E-state index contributed by atoms with van der Waals surface area (Å²) >= 11 is 0. The lowest BCUT2D eigenvalue weighted by molar-refractivity contribution is -0.113. The normalized spacial score (nSPS) is 15.7. The fourth-order valence-electron chi connectivity index (χ4n) is 2.56. The highest BCUT2D eigenvalue weighted by atomic mass is 16.5. The molecule has 116 valence electrons. The van der Waals surface area contributed by atoms with Crippen LogP contribution in [0.3, 0.4) is 0 Å². The highest BCUT2D eigenvalue weighted by Crippen LogP contribution is 2.32. The highest BCUT2D eigenvalue weighted by Gasteiger charge is 2.36. The summed E-state index contributed by atoms with van der Waals surface area (Å²) in [4.78, 5) is 26.8. The van der Waals surface area contributed by atoms with E-state index in [1.165, 1.54) is 11.2 Å². The van der Waals surface area contributed by atoms with Gasteiger partial charge in [0.15, 0.2) is 0 Å². The molecule has 1 aliphatic rings. The van der Waals surface area contributed by atoms with E-state index in [2.05, 4.69) is 0 Å². The van der Waals surface area contributed by atoms with E-state index in [9.17, 15) is 9.59 Å². The maximum absolute atomic E-state index is 12.8. The summed E-state index contributed by atoms with van der Waals surface area (Å²) in [6.07, 6.45) is 1.44. The summed E-state index contributed by atoms with van der Waals surface area (Å²) in [5, 5.41) is 0. The van der Waals surface area contributed by atoms with Crippen molar-refractivity contribution in [3.63, 3.8) is 0 Å². The molecule has 0 N–H and O–H groups in total. The Morgan fingerprint density at radius 2 is 1.61 bits per heavy atom. The minimum Gasteiger partial charge on any atom is -0.501 e. The molecule has 2 aromatic rings. The first-order chi connectivity index (χ1) is 11.1. The van der Waals surface area contributed by atoms with Crippen LogP contribution in [0.1, 0.15) is 28.4 Å². The molecule has 3 rings (SSSR count). The number of fused-ring (bicyclic) bond motifs is 1. The molecule has 0 atom stereocenters. The van der Waals surface area contributed by atoms with Crippen molar-refractivity contribution in [2.75, 3.05) is 11.5 Å². The number of carbonyl (C=O) groups excluding carboxylic acids is 2. The predicted molar refractivity (Wildman–Crippen MR) is 89.0 cm³/mol. The second-order valence-corrected chi connectivity index (χ2v) is 5.31. The Bertz CT molecular complexity index is 791. The van der Waals surface area contributed by atoms with Crippen LogP contribution in [0.2, 0.25) is 0 Å². The Balaban J connectivity index is 2.14. The van der Waals surface area contributed by atoms with E-state index < -0.39 is 0 Å². The molecule has 0 radical (unpaired) electrons. The molecule has 4 nitrogen and oxygen atoms in total. The molecule has 1 aliphatic heterocycles. The van der Waals surface area contributed by atoms with Crippen molar-refractivity contribution >= 4 is 23.1 Å². The highest BCUT2D eigenvalue weighted by molar-refractivity contribution is 6.40. The summed E-state index contributed by atoms with van der Waals surface area (Å²) in [6.45, 7) is 4.26. The van der Waals surface area contributed by atoms with Gasteiger partial charge in [-0.1, -0.05) is 35.9 Å². The van der Waals surface area contributed by atoms with Crippen molar-refractivity contribution in [1.29, 1.82) is 0 Å². The van der Waals surface area contributed by atoms with Crippen LogP contribution in [-0.2, 0) is 9.53 Å². The number of benzene rings is 2. The van der Waals surface area contributed by atoms with Crippen LogP contribution in [0.5, 0.6) is 0 Å². The van der Waals surface area contributed by atoms with Crippen molar-refractivity contribution < 1.29 is 14.3 Å². The Morgan fingerprint density at radius 1 is 0.957 bits per heavy atom. The summed E-state index contributed by atoms with van der Waals surface area (Å²) in [7, 11) is 0. The van der Waals surface area contributed by atoms with Gasteiger partial charge in [0.25, 0.3) is 11.8 Å². The molecule has 0 aliphatic carbocycles. The van der Waals surface area contributed by atoms with E-state index in [1.807, 2.05) is 26.0 Å². The van der Waals surface area contributed by atoms with Crippen molar-refractivity contribution in [2.45, 2.75) is 13.8 Å². The molecule has 0 aromatic heterocycles. The maximum atomic E-state index is 12.8. The Hall–Kier alpha value is -2.88. The van der Waals surface area contributed by atoms with Crippen LogP contribution in [0.25, 0.3) is 5.57 Å². The minimum absolute atomic E-state index is 0.317. The first-order valence-corrected chi connectivity index (χ1v) is 7.50. The van der Waals surface area contributed by atoms with E-state index in [4.69, 9.17) is 4.74 Å². The van der Waals surface area contributed by atoms with Gasteiger partial charge in [-0.25, -0.2) is 4.90 Å². The molecule has 0 saturated carbocycles. The maximum Gasteiger partial charge on any atom is 0.269 e. The molecule has 0 saturated heterocycles. The number of hydrogen-bond acceptors (Lipinski definition) is 3. The molecule has 4 heteroatoms. The zero-order chi connectivity index (χ0) is 16.4. The second kappa shape index (κ2) is 6.08. The van der Waals surface area contributed by atoms with Crippen LogP contribution in [-0.4, -0.2) is 18.4 Å². The molecule has 2 amide bonds. The van der Waals surface area contributed by atoms with E-state index in [1.54, 1.807) is 36.4 Å². The van der Waals surface area contributed by atoms with Gasteiger partial charge in [0.05, 0.1) is 24.1 Å². The molecular formula is C19H17NO3. The third-order valence-electron chi connectivity index (χ3n) is 3.74. The van der Waals surface area contributed by atoms with Crippen molar-refractivity contribution in [3.05, 3.63) is 71.5 Å². The number of imide groups is 1. The van der Waals surface area contributed by atoms with Gasteiger partial charge in [-0.15, -0.1) is 0 Å². The second-order valence-electron chi connectivity index (χ2n) is 5.31. The third-order valence-corrected chi connectivity index (χ3v) is 3.74. The van der Waals surface area contributed by atoms with Crippen LogP contribution < -0.4 is 4.90 Å². The molecule has 2 aromatic carbocycles. The van der Waals surface area contributed by atoms with E-state index >= 15 is 0 Å². The minimum atomic E-state index is -0.369. The van der Waals surface area contributed by atoms with Gasteiger partial charge in [0.1, 0.15) is 0 Å². The fraction of sp³-hybridized carbons (Fsp3) is 0.158. The van der Waals surface area contributed by atoms with Gasteiger partial charge >= 0.3 is 0 Å². The third kappa shape index (κ3) is 2.63. The number of amides is 2. The molecular weight excluding hydrogens is 290 g/mol. The summed E-state index contributed by atoms with van der Waals surface area (Å²) in [6, 6.07) is 14.4. The largest absolute Gasteiger partial charge is 0.501 e. The topological polar surface area (TPSA) is 46.6 Å². The van der Waals surface area contributed by atoms with Crippen LogP contribution in [0.15, 0.2) is 54.8 Å².